The SMILES string of the molecule is O=C(O)[C@@H]1[C@H](C(=O)O)[C@@H]2C(=O)C=C[C@H]1N2Cc1ccccc1. The molecule has 0 aliphatic carbocycles. The van der Waals surface area contributed by atoms with Crippen molar-refractivity contribution in [1.29, 1.82) is 0 Å². The molecule has 4 atom stereocenters. The van der Waals surface area contributed by atoms with Gasteiger partial charge in [-0.2, -0.15) is 0 Å². The molecule has 114 valence electrons. The first kappa shape index (κ1) is 14.5. The van der Waals surface area contributed by atoms with Crippen LogP contribution in [0.2, 0.25) is 0 Å². The predicted molar refractivity (Wildman–Crippen MR) is 76.0 cm³/mol. The van der Waals surface area contributed by atoms with Crippen LogP contribution in [0, 0.1) is 11.8 Å². The molecule has 1 fully saturated rings. The molecule has 0 spiro atoms. The first-order chi connectivity index (χ1) is 10.5. The lowest BCUT2D eigenvalue weighted by atomic mass is 9.88. The van der Waals surface area contributed by atoms with Gasteiger partial charge in [-0.15, -0.1) is 0 Å². The Kier molecular flexibility index (Phi) is 3.54. The number of benzene rings is 1. The Balaban J connectivity index is 2.00. The Morgan fingerprint density at radius 1 is 1.05 bits per heavy atom. The highest BCUT2D eigenvalue weighted by molar-refractivity contribution is 6.01. The van der Waals surface area contributed by atoms with E-state index >= 15 is 0 Å². The maximum atomic E-state index is 12.2. The third-order valence-corrected chi connectivity index (χ3v) is 4.36. The summed E-state index contributed by atoms with van der Waals surface area (Å²) < 4.78 is 0. The summed E-state index contributed by atoms with van der Waals surface area (Å²) in [5.74, 6) is -5.11. The van der Waals surface area contributed by atoms with Crippen molar-refractivity contribution in [2.45, 2.75) is 18.6 Å². The number of nitrogens with zero attached hydrogens (tertiary/aromatic N) is 1. The van der Waals surface area contributed by atoms with Gasteiger partial charge < -0.3 is 10.2 Å². The smallest absolute Gasteiger partial charge is 0.309 e. The highest BCUT2D eigenvalue weighted by atomic mass is 16.4. The summed E-state index contributed by atoms with van der Waals surface area (Å²) in [6.07, 6.45) is 2.83. The fraction of sp³-hybridized carbons (Fsp3) is 0.312. The molecule has 1 aromatic rings. The number of ketones is 1. The van der Waals surface area contributed by atoms with Gasteiger partial charge in [0.25, 0.3) is 0 Å². The Morgan fingerprint density at radius 2 is 1.68 bits per heavy atom. The zero-order chi connectivity index (χ0) is 15.9. The predicted octanol–water partition coefficient (Wildman–Crippen LogP) is 0.780. The minimum Gasteiger partial charge on any atom is -0.481 e. The Morgan fingerprint density at radius 3 is 2.27 bits per heavy atom. The van der Waals surface area contributed by atoms with Gasteiger partial charge in [-0.25, -0.2) is 0 Å². The molecule has 1 saturated heterocycles. The Hall–Kier alpha value is -2.47. The monoisotopic (exact) mass is 301 g/mol. The summed E-state index contributed by atoms with van der Waals surface area (Å²) >= 11 is 0. The lowest BCUT2D eigenvalue weighted by molar-refractivity contribution is -0.153. The Labute approximate surface area is 126 Å². The van der Waals surface area contributed by atoms with Gasteiger partial charge in [0, 0.05) is 12.6 Å². The zero-order valence-electron chi connectivity index (χ0n) is 11.6. The molecule has 2 aliphatic rings. The van der Waals surface area contributed by atoms with Gasteiger partial charge >= 0.3 is 11.9 Å². The number of fused-ring (bicyclic) bond motifs is 2. The van der Waals surface area contributed by atoms with E-state index in [9.17, 15) is 24.6 Å². The van der Waals surface area contributed by atoms with Crippen molar-refractivity contribution in [2.24, 2.45) is 11.8 Å². The molecule has 2 bridgehead atoms. The van der Waals surface area contributed by atoms with E-state index in [4.69, 9.17) is 0 Å². The van der Waals surface area contributed by atoms with Crippen LogP contribution in [-0.4, -0.2) is 44.9 Å². The van der Waals surface area contributed by atoms with Gasteiger partial charge in [-0.1, -0.05) is 36.4 Å². The molecule has 2 heterocycles. The quantitative estimate of drug-likeness (QED) is 0.853. The van der Waals surface area contributed by atoms with Gasteiger partial charge in [0.15, 0.2) is 5.78 Å². The molecule has 2 N–H and O–H groups in total. The fourth-order valence-corrected chi connectivity index (χ4v) is 3.46. The molecule has 0 saturated carbocycles. The van der Waals surface area contributed by atoms with Gasteiger partial charge in [0.2, 0.25) is 0 Å². The van der Waals surface area contributed by atoms with E-state index in [-0.39, 0.29) is 5.78 Å². The van der Waals surface area contributed by atoms with Crippen LogP contribution in [0.4, 0.5) is 0 Å². The summed E-state index contributed by atoms with van der Waals surface area (Å²) in [7, 11) is 0. The molecule has 1 aromatic carbocycles. The van der Waals surface area contributed by atoms with Crippen LogP contribution in [0.1, 0.15) is 5.56 Å². The minimum absolute atomic E-state index is 0.344. The summed E-state index contributed by atoms with van der Waals surface area (Å²) in [4.78, 5) is 36.9. The van der Waals surface area contributed by atoms with E-state index < -0.39 is 35.9 Å². The Bertz CT molecular complexity index is 654. The molecular weight excluding hydrogens is 286 g/mol. The van der Waals surface area contributed by atoms with Crippen LogP contribution in [0.15, 0.2) is 42.5 Å². The second-order valence-corrected chi connectivity index (χ2v) is 5.58. The van der Waals surface area contributed by atoms with Crippen molar-refractivity contribution in [1.82, 2.24) is 4.90 Å². The molecule has 0 radical (unpaired) electrons. The van der Waals surface area contributed by atoms with E-state index in [1.54, 1.807) is 4.90 Å². The number of rotatable bonds is 4. The van der Waals surface area contributed by atoms with E-state index in [0.29, 0.717) is 6.54 Å². The lowest BCUT2D eigenvalue weighted by Crippen LogP contribution is -2.45. The number of carboxylic acid groups (broad SMARTS) is 2. The van der Waals surface area contributed by atoms with Gasteiger partial charge in [0.1, 0.15) is 0 Å². The first-order valence-corrected chi connectivity index (χ1v) is 6.98. The van der Waals surface area contributed by atoms with Crippen molar-refractivity contribution in [3.05, 3.63) is 48.0 Å². The maximum absolute atomic E-state index is 12.2. The van der Waals surface area contributed by atoms with E-state index in [1.807, 2.05) is 30.3 Å². The average molecular weight is 301 g/mol. The molecule has 0 unspecified atom stereocenters. The molecule has 6 heteroatoms. The zero-order valence-corrected chi connectivity index (χ0v) is 11.6. The van der Waals surface area contributed by atoms with Crippen LogP contribution in [-0.2, 0) is 20.9 Å². The number of carbonyl (C=O) groups is 3. The van der Waals surface area contributed by atoms with Crippen LogP contribution >= 0.6 is 0 Å². The number of hydrogen-bond acceptors (Lipinski definition) is 4. The van der Waals surface area contributed by atoms with E-state index in [2.05, 4.69) is 0 Å². The molecule has 3 rings (SSSR count). The summed E-state index contributed by atoms with van der Waals surface area (Å²) in [6.45, 7) is 0.347. The average Bonchev–Trinajstić information content (AvgIpc) is 2.71. The van der Waals surface area contributed by atoms with Crippen LogP contribution < -0.4 is 0 Å². The molecule has 2 aliphatic heterocycles. The number of aliphatic carboxylic acids is 2. The summed E-state index contributed by atoms with van der Waals surface area (Å²) in [5.41, 5.74) is 0.913. The van der Waals surface area contributed by atoms with Crippen LogP contribution in [0.25, 0.3) is 0 Å². The second kappa shape index (κ2) is 5.38. The first-order valence-electron chi connectivity index (χ1n) is 6.98. The van der Waals surface area contributed by atoms with E-state index in [1.165, 1.54) is 12.2 Å². The molecule has 0 amide bonds. The van der Waals surface area contributed by atoms with Gasteiger partial charge in [-0.05, 0) is 11.6 Å². The van der Waals surface area contributed by atoms with Crippen LogP contribution in [0.3, 0.4) is 0 Å². The van der Waals surface area contributed by atoms with Crippen molar-refractivity contribution in [3.63, 3.8) is 0 Å². The highest BCUT2D eigenvalue weighted by Gasteiger charge is 2.58. The molecular formula is C16H15NO5. The maximum Gasteiger partial charge on any atom is 0.309 e. The number of carboxylic acids is 2. The number of carbonyl (C=O) groups excluding carboxylic acids is 1. The summed E-state index contributed by atoms with van der Waals surface area (Å²) in [5, 5.41) is 18.8. The minimum atomic E-state index is -1.24. The standard InChI is InChI=1S/C16H15NO5/c18-11-7-6-10-12(15(19)20)13(16(21)22)14(11)17(10)8-9-4-2-1-3-5-9/h1-7,10,12-14H,8H2,(H,19,20)(H,21,22)/t10-,12+,13+,14+/m1/s1. The van der Waals surface area contributed by atoms with Crippen LogP contribution in [0.5, 0.6) is 0 Å². The topological polar surface area (TPSA) is 94.9 Å². The molecule has 0 aromatic heterocycles. The van der Waals surface area contributed by atoms with Crippen molar-refractivity contribution >= 4 is 17.7 Å². The molecule has 22 heavy (non-hydrogen) atoms. The largest absolute Gasteiger partial charge is 0.481 e. The van der Waals surface area contributed by atoms with Gasteiger partial charge in [0.05, 0.1) is 17.9 Å². The third-order valence-electron chi connectivity index (χ3n) is 4.36. The highest BCUT2D eigenvalue weighted by Crippen LogP contribution is 2.41. The normalized spacial score (nSPS) is 30.5. The molecule has 6 nitrogen and oxygen atoms in total. The van der Waals surface area contributed by atoms with E-state index in [0.717, 1.165) is 5.56 Å². The van der Waals surface area contributed by atoms with Crippen molar-refractivity contribution in [2.75, 3.05) is 0 Å². The van der Waals surface area contributed by atoms with Crippen molar-refractivity contribution < 1.29 is 24.6 Å². The summed E-state index contributed by atoms with van der Waals surface area (Å²) in [6, 6.07) is 7.79. The second-order valence-electron chi connectivity index (χ2n) is 5.58. The number of hydrogen-bond donors (Lipinski definition) is 2. The third kappa shape index (κ3) is 2.21. The lowest BCUT2D eigenvalue weighted by Gasteiger charge is -2.31. The van der Waals surface area contributed by atoms with Crippen molar-refractivity contribution in [3.8, 4) is 0 Å². The fourth-order valence-electron chi connectivity index (χ4n) is 3.46. The van der Waals surface area contributed by atoms with Gasteiger partial charge in [-0.3, -0.25) is 19.3 Å².